The summed E-state index contributed by atoms with van der Waals surface area (Å²) >= 11 is 5.87. The molecule has 0 radical (unpaired) electrons. The number of hydrogen-bond acceptors (Lipinski definition) is 1. The van der Waals surface area contributed by atoms with Crippen molar-refractivity contribution in [1.29, 1.82) is 0 Å². The molecule has 18 heavy (non-hydrogen) atoms. The zero-order chi connectivity index (χ0) is 13.0. The molecule has 0 fully saturated rings. The summed E-state index contributed by atoms with van der Waals surface area (Å²) in [4.78, 5) is 10.9. The van der Waals surface area contributed by atoms with Crippen LogP contribution in [0.15, 0.2) is 54.6 Å². The summed E-state index contributed by atoms with van der Waals surface area (Å²) in [6.45, 7) is 1.54. The van der Waals surface area contributed by atoms with Gasteiger partial charge >= 0.3 is 0 Å². The molecule has 90 valence electrons. The Kier molecular flexibility index (Phi) is 3.96. The van der Waals surface area contributed by atoms with Gasteiger partial charge in [-0.05, 0) is 47.9 Å². The first kappa shape index (κ1) is 12.6. The molecule has 0 saturated carbocycles. The van der Waals surface area contributed by atoms with Crippen LogP contribution in [-0.2, 0) is 4.79 Å². The zero-order valence-electron chi connectivity index (χ0n) is 10.1. The Morgan fingerprint density at radius 3 is 2.44 bits per heavy atom. The van der Waals surface area contributed by atoms with E-state index in [0.717, 1.165) is 21.7 Å². The number of halogens is 1. The quantitative estimate of drug-likeness (QED) is 0.733. The molecule has 0 aromatic heterocycles. The first-order valence-corrected chi connectivity index (χ1v) is 6.07. The Morgan fingerprint density at radius 2 is 1.78 bits per heavy atom. The summed E-state index contributed by atoms with van der Waals surface area (Å²) < 4.78 is 0. The van der Waals surface area contributed by atoms with Gasteiger partial charge in [-0.2, -0.15) is 0 Å². The molecule has 2 rings (SSSR count). The van der Waals surface area contributed by atoms with Crippen LogP contribution in [0.3, 0.4) is 0 Å². The molecule has 0 heterocycles. The van der Waals surface area contributed by atoms with Crippen molar-refractivity contribution >= 4 is 23.5 Å². The van der Waals surface area contributed by atoms with Crippen LogP contribution in [0.4, 0.5) is 0 Å². The smallest absolute Gasteiger partial charge is 0.152 e. The minimum atomic E-state index is 0.0481. The lowest BCUT2D eigenvalue weighted by molar-refractivity contribution is -0.112. The predicted molar refractivity (Wildman–Crippen MR) is 76.6 cm³/mol. The van der Waals surface area contributed by atoms with E-state index in [1.54, 1.807) is 13.0 Å². The lowest BCUT2D eigenvalue weighted by Crippen LogP contribution is -1.82. The first-order chi connectivity index (χ1) is 8.65. The summed E-state index contributed by atoms with van der Waals surface area (Å²) in [5.41, 5.74) is 3.23. The van der Waals surface area contributed by atoms with E-state index < -0.39 is 0 Å². The molecular formula is C16H13ClO. The second kappa shape index (κ2) is 5.65. The first-order valence-electron chi connectivity index (χ1n) is 5.70. The lowest BCUT2D eigenvalue weighted by atomic mass is 10.0. The Hall–Kier alpha value is -1.86. The van der Waals surface area contributed by atoms with Crippen LogP contribution < -0.4 is 0 Å². The zero-order valence-corrected chi connectivity index (χ0v) is 10.8. The van der Waals surface area contributed by atoms with Crippen molar-refractivity contribution in [3.05, 3.63) is 65.2 Å². The van der Waals surface area contributed by atoms with E-state index in [-0.39, 0.29) is 5.78 Å². The summed E-state index contributed by atoms with van der Waals surface area (Å²) in [6, 6.07) is 15.7. The van der Waals surface area contributed by atoms with Gasteiger partial charge in [0.15, 0.2) is 5.78 Å². The summed E-state index contributed by atoms with van der Waals surface area (Å²) in [6.07, 6.45) is 3.39. The molecule has 0 bridgehead atoms. The van der Waals surface area contributed by atoms with Crippen molar-refractivity contribution in [2.45, 2.75) is 6.92 Å². The largest absolute Gasteiger partial charge is 0.295 e. The standard InChI is InChI=1S/C16H13ClO/c1-12(18)5-6-13-3-2-4-15(11-13)14-7-9-16(17)10-8-14/h2-11H,1H3/b6-5+. The number of carbonyl (C=O) groups excluding carboxylic acids is 1. The summed E-state index contributed by atoms with van der Waals surface area (Å²) in [5.74, 6) is 0.0481. The van der Waals surface area contributed by atoms with Gasteiger partial charge in [0.2, 0.25) is 0 Å². The highest BCUT2D eigenvalue weighted by Gasteiger charge is 1.98. The number of hydrogen-bond donors (Lipinski definition) is 0. The molecule has 2 heteroatoms. The monoisotopic (exact) mass is 256 g/mol. The molecule has 0 aliphatic heterocycles. The summed E-state index contributed by atoms with van der Waals surface area (Å²) in [7, 11) is 0. The molecule has 1 nitrogen and oxygen atoms in total. The third-order valence-corrected chi connectivity index (χ3v) is 2.83. The third kappa shape index (κ3) is 3.31. The van der Waals surface area contributed by atoms with Gasteiger partial charge in [0.05, 0.1) is 0 Å². The molecule has 2 aromatic rings. The number of carbonyl (C=O) groups is 1. The Morgan fingerprint density at radius 1 is 1.06 bits per heavy atom. The highest BCUT2D eigenvalue weighted by Crippen LogP contribution is 2.22. The van der Waals surface area contributed by atoms with E-state index in [9.17, 15) is 4.79 Å². The third-order valence-electron chi connectivity index (χ3n) is 2.57. The van der Waals surface area contributed by atoms with Crippen molar-refractivity contribution < 1.29 is 4.79 Å². The minimum absolute atomic E-state index is 0.0481. The molecule has 0 aliphatic rings. The van der Waals surface area contributed by atoms with E-state index in [4.69, 9.17) is 11.6 Å². The average Bonchev–Trinajstić information content (AvgIpc) is 2.37. The number of ketones is 1. The Balaban J connectivity index is 2.32. The van der Waals surface area contributed by atoms with Gasteiger partial charge in [-0.25, -0.2) is 0 Å². The minimum Gasteiger partial charge on any atom is -0.295 e. The van der Waals surface area contributed by atoms with Gasteiger partial charge < -0.3 is 0 Å². The van der Waals surface area contributed by atoms with E-state index in [2.05, 4.69) is 0 Å². The lowest BCUT2D eigenvalue weighted by Gasteiger charge is -2.03. The second-order valence-corrected chi connectivity index (χ2v) is 4.51. The molecule has 2 aromatic carbocycles. The van der Waals surface area contributed by atoms with E-state index in [0.29, 0.717) is 0 Å². The van der Waals surface area contributed by atoms with E-state index >= 15 is 0 Å². The second-order valence-electron chi connectivity index (χ2n) is 4.08. The SMILES string of the molecule is CC(=O)/C=C/c1cccc(-c2ccc(Cl)cc2)c1. The van der Waals surface area contributed by atoms with Crippen molar-refractivity contribution in [3.8, 4) is 11.1 Å². The molecular weight excluding hydrogens is 244 g/mol. The van der Waals surface area contributed by atoms with Crippen LogP contribution in [0.2, 0.25) is 5.02 Å². The topological polar surface area (TPSA) is 17.1 Å². The van der Waals surface area contributed by atoms with Gasteiger partial charge in [0.25, 0.3) is 0 Å². The van der Waals surface area contributed by atoms with E-state index in [1.165, 1.54) is 0 Å². The van der Waals surface area contributed by atoms with Crippen LogP contribution in [0, 0.1) is 0 Å². The van der Waals surface area contributed by atoms with Crippen LogP contribution in [0.5, 0.6) is 0 Å². The highest BCUT2D eigenvalue weighted by molar-refractivity contribution is 6.30. The van der Waals surface area contributed by atoms with Crippen LogP contribution in [0.1, 0.15) is 12.5 Å². The van der Waals surface area contributed by atoms with Gasteiger partial charge in [-0.3, -0.25) is 4.79 Å². The molecule has 0 spiro atoms. The average molecular weight is 257 g/mol. The van der Waals surface area contributed by atoms with Crippen LogP contribution in [0.25, 0.3) is 17.2 Å². The highest BCUT2D eigenvalue weighted by atomic mass is 35.5. The maximum atomic E-state index is 10.9. The predicted octanol–water partition coefficient (Wildman–Crippen LogP) is 4.61. The van der Waals surface area contributed by atoms with Gasteiger partial charge in [-0.15, -0.1) is 0 Å². The fraction of sp³-hybridized carbons (Fsp3) is 0.0625. The summed E-state index contributed by atoms with van der Waals surface area (Å²) in [5, 5.41) is 0.728. The van der Waals surface area contributed by atoms with Gasteiger partial charge in [-0.1, -0.05) is 48.0 Å². The molecule has 0 N–H and O–H groups in total. The molecule has 0 aliphatic carbocycles. The van der Waals surface area contributed by atoms with Crippen molar-refractivity contribution in [3.63, 3.8) is 0 Å². The fourth-order valence-electron chi connectivity index (χ4n) is 1.68. The number of allylic oxidation sites excluding steroid dienone is 1. The molecule has 0 atom stereocenters. The number of rotatable bonds is 3. The van der Waals surface area contributed by atoms with Gasteiger partial charge in [0.1, 0.15) is 0 Å². The van der Waals surface area contributed by atoms with E-state index in [1.807, 2.05) is 54.6 Å². The molecule has 0 unspecified atom stereocenters. The Bertz CT molecular complexity index is 582. The molecule has 0 saturated heterocycles. The Labute approximate surface area is 112 Å². The maximum absolute atomic E-state index is 10.9. The number of benzene rings is 2. The van der Waals surface area contributed by atoms with Crippen molar-refractivity contribution in [2.75, 3.05) is 0 Å². The van der Waals surface area contributed by atoms with Crippen molar-refractivity contribution in [1.82, 2.24) is 0 Å². The fourth-order valence-corrected chi connectivity index (χ4v) is 1.80. The van der Waals surface area contributed by atoms with Crippen LogP contribution in [-0.4, -0.2) is 5.78 Å². The maximum Gasteiger partial charge on any atom is 0.152 e. The van der Waals surface area contributed by atoms with Gasteiger partial charge in [0, 0.05) is 5.02 Å². The normalized spacial score (nSPS) is 10.8. The molecule has 0 amide bonds. The van der Waals surface area contributed by atoms with Crippen molar-refractivity contribution in [2.24, 2.45) is 0 Å². The van der Waals surface area contributed by atoms with Crippen LogP contribution >= 0.6 is 11.6 Å².